The molecule has 0 aliphatic rings. The van der Waals surface area contributed by atoms with Crippen LogP contribution in [0.2, 0.25) is 0 Å². The van der Waals surface area contributed by atoms with Gasteiger partial charge in [0.1, 0.15) is 11.8 Å². The molecule has 19 nitrogen and oxygen atoms in total. The molecule has 46 heavy (non-hydrogen) atoms. The van der Waals surface area contributed by atoms with Crippen molar-refractivity contribution in [3.63, 3.8) is 0 Å². The van der Waals surface area contributed by atoms with E-state index in [1.165, 1.54) is 0 Å². The highest BCUT2D eigenvalue weighted by atomic mass is 16.4. The molecule has 0 saturated heterocycles. The van der Waals surface area contributed by atoms with Gasteiger partial charge in [0.15, 0.2) is 5.78 Å². The first-order valence-corrected chi connectivity index (χ1v) is 14.1. The molecule has 0 aliphatic heterocycles. The second-order valence-electron chi connectivity index (χ2n) is 10.5. The number of ketones is 2. The van der Waals surface area contributed by atoms with Gasteiger partial charge >= 0.3 is 35.8 Å². The van der Waals surface area contributed by atoms with Crippen LogP contribution in [-0.2, 0) is 47.9 Å². The first-order valence-electron chi connectivity index (χ1n) is 14.1. The normalized spacial score (nSPS) is 14.0. The topological polar surface area (TPSA) is 342 Å². The summed E-state index contributed by atoms with van der Waals surface area (Å²) >= 11 is 0. The molecule has 10 N–H and O–H groups in total. The molecule has 0 aromatic carbocycles. The Morgan fingerprint density at radius 3 is 1.17 bits per heavy atom. The van der Waals surface area contributed by atoms with E-state index in [-0.39, 0.29) is 6.42 Å². The Morgan fingerprint density at radius 2 is 0.783 bits per heavy atom. The molecule has 0 rings (SSSR count). The third kappa shape index (κ3) is 18.0. The lowest BCUT2D eigenvalue weighted by atomic mass is 9.89. The second-order valence-corrected chi connectivity index (χ2v) is 10.5. The number of amides is 2. The standard InChI is InChI=1S/C27H39N3O16/c28-15(3-8-22(37)38)18(31)11-13(1-6-20(33)34)25(43)29-16(4-9-23(39)40)19(32)12-14(2-7-21(35)36)26(44)30-17(27(45)46)5-10-24(41)42/h13-17H,1-12,28H2,(H,29,43)(H,30,44)(H,33,34)(H,35,36)(H,37,38)(H,39,40)(H,41,42)(H,45,46)/t13-,14-,15+,16+,17+/m1/s1. The zero-order valence-electron chi connectivity index (χ0n) is 24.7. The highest BCUT2D eigenvalue weighted by Crippen LogP contribution is 2.19. The molecule has 0 saturated carbocycles. The highest BCUT2D eigenvalue weighted by Gasteiger charge is 2.33. The lowest BCUT2D eigenvalue weighted by Crippen LogP contribution is -2.47. The fraction of sp³-hybridized carbons (Fsp3) is 0.630. The van der Waals surface area contributed by atoms with Gasteiger partial charge in [-0.2, -0.15) is 0 Å². The van der Waals surface area contributed by atoms with Crippen LogP contribution in [0.1, 0.15) is 77.0 Å². The molecular weight excluding hydrogens is 622 g/mol. The number of carbonyl (C=O) groups excluding carboxylic acids is 4. The number of rotatable bonds is 26. The van der Waals surface area contributed by atoms with Crippen molar-refractivity contribution in [2.24, 2.45) is 17.6 Å². The lowest BCUT2D eigenvalue weighted by molar-refractivity contribution is -0.144. The van der Waals surface area contributed by atoms with E-state index in [1.54, 1.807) is 0 Å². The first kappa shape index (κ1) is 41.1. The van der Waals surface area contributed by atoms with Gasteiger partial charge in [-0.05, 0) is 32.1 Å². The van der Waals surface area contributed by atoms with E-state index in [1.807, 2.05) is 0 Å². The SMILES string of the molecule is N[C@@H](CCC(=O)O)C(=O)C[C@@H](CCC(=O)O)C(=O)N[C@@H](CCC(=O)O)C(=O)C[C@@H](CCC(=O)O)C(=O)N[C@@H](CCC(=O)O)C(=O)O. The molecule has 0 unspecified atom stereocenters. The van der Waals surface area contributed by atoms with Crippen molar-refractivity contribution in [3.8, 4) is 0 Å². The van der Waals surface area contributed by atoms with Gasteiger partial charge in [0.25, 0.3) is 0 Å². The van der Waals surface area contributed by atoms with E-state index in [2.05, 4.69) is 10.6 Å². The monoisotopic (exact) mass is 661 g/mol. The minimum atomic E-state index is -1.71. The van der Waals surface area contributed by atoms with E-state index < -0.39 is 160 Å². The Morgan fingerprint density at radius 1 is 0.457 bits per heavy atom. The summed E-state index contributed by atoms with van der Waals surface area (Å²) in [5.41, 5.74) is 5.69. The number of carbonyl (C=O) groups is 10. The van der Waals surface area contributed by atoms with Gasteiger partial charge in [0.05, 0.1) is 12.1 Å². The third-order valence-corrected chi connectivity index (χ3v) is 6.75. The molecule has 0 aromatic rings. The molecule has 5 atom stereocenters. The summed E-state index contributed by atoms with van der Waals surface area (Å²) in [5.74, 6) is -15.1. The Kier molecular flexibility index (Phi) is 18.7. The minimum Gasteiger partial charge on any atom is -0.481 e. The van der Waals surface area contributed by atoms with Crippen LogP contribution in [0.15, 0.2) is 0 Å². The molecule has 0 bridgehead atoms. The van der Waals surface area contributed by atoms with Crippen LogP contribution in [0, 0.1) is 11.8 Å². The number of aliphatic carboxylic acids is 6. The van der Waals surface area contributed by atoms with Gasteiger partial charge in [-0.15, -0.1) is 0 Å². The molecule has 19 heteroatoms. The van der Waals surface area contributed by atoms with Gasteiger partial charge < -0.3 is 47.0 Å². The van der Waals surface area contributed by atoms with Crippen LogP contribution in [-0.4, -0.2) is 108 Å². The third-order valence-electron chi connectivity index (χ3n) is 6.75. The molecule has 2 amide bonds. The average molecular weight is 662 g/mol. The molecule has 0 radical (unpaired) electrons. The number of hydrogen-bond acceptors (Lipinski definition) is 11. The zero-order valence-corrected chi connectivity index (χ0v) is 24.7. The Labute approximate surface area is 261 Å². The smallest absolute Gasteiger partial charge is 0.326 e. The van der Waals surface area contributed by atoms with Crippen molar-refractivity contribution in [2.45, 2.75) is 95.2 Å². The molecule has 0 aliphatic carbocycles. The Balaban J connectivity index is 6.07. The molecular formula is C27H39N3O16. The quantitative estimate of drug-likeness (QED) is 0.0527. The van der Waals surface area contributed by atoms with Crippen molar-refractivity contribution < 1.29 is 78.6 Å². The van der Waals surface area contributed by atoms with Gasteiger partial charge in [0, 0.05) is 56.8 Å². The number of Topliss-reactive ketones (excluding diaryl/α,β-unsaturated/α-hetero) is 2. The Hall–Kier alpha value is -4.94. The van der Waals surface area contributed by atoms with Crippen molar-refractivity contribution in [3.05, 3.63) is 0 Å². The van der Waals surface area contributed by atoms with Crippen LogP contribution in [0.25, 0.3) is 0 Å². The van der Waals surface area contributed by atoms with Crippen LogP contribution in [0.5, 0.6) is 0 Å². The summed E-state index contributed by atoms with van der Waals surface area (Å²) < 4.78 is 0. The maximum Gasteiger partial charge on any atom is 0.326 e. The predicted molar refractivity (Wildman–Crippen MR) is 150 cm³/mol. The van der Waals surface area contributed by atoms with Gasteiger partial charge in [-0.25, -0.2) is 4.79 Å². The maximum atomic E-state index is 13.3. The van der Waals surface area contributed by atoms with E-state index in [0.29, 0.717) is 0 Å². The second kappa shape index (κ2) is 20.9. The molecule has 258 valence electrons. The van der Waals surface area contributed by atoms with Crippen LogP contribution < -0.4 is 16.4 Å². The summed E-state index contributed by atoms with van der Waals surface area (Å²) in [5, 5.41) is 58.6. The summed E-state index contributed by atoms with van der Waals surface area (Å²) in [7, 11) is 0. The van der Waals surface area contributed by atoms with E-state index in [4.69, 9.17) is 31.3 Å². The van der Waals surface area contributed by atoms with Crippen LogP contribution >= 0.6 is 0 Å². The van der Waals surface area contributed by atoms with Crippen LogP contribution in [0.3, 0.4) is 0 Å². The molecule has 0 spiro atoms. The van der Waals surface area contributed by atoms with Crippen molar-refractivity contribution in [2.75, 3.05) is 0 Å². The van der Waals surface area contributed by atoms with Gasteiger partial charge in [-0.3, -0.25) is 43.2 Å². The predicted octanol–water partition coefficient (Wildman–Crippen LogP) is -1.16. The van der Waals surface area contributed by atoms with Gasteiger partial charge in [0.2, 0.25) is 11.8 Å². The number of nitrogens with one attached hydrogen (secondary N) is 2. The zero-order chi connectivity index (χ0) is 35.6. The summed E-state index contributed by atoms with van der Waals surface area (Å²) in [4.78, 5) is 119. The molecule has 0 aromatic heterocycles. The number of carboxylic acid groups (broad SMARTS) is 6. The number of nitrogens with two attached hydrogens (primary N) is 1. The van der Waals surface area contributed by atoms with Crippen molar-refractivity contribution in [1.82, 2.24) is 10.6 Å². The Bertz CT molecular complexity index is 1170. The maximum absolute atomic E-state index is 13.3. The lowest BCUT2D eigenvalue weighted by Gasteiger charge is -2.24. The summed E-state index contributed by atoms with van der Waals surface area (Å²) in [6.45, 7) is 0. The first-order chi connectivity index (χ1) is 21.3. The molecule has 0 fully saturated rings. The van der Waals surface area contributed by atoms with E-state index in [9.17, 15) is 53.1 Å². The average Bonchev–Trinajstić information content (AvgIpc) is 2.94. The molecule has 0 heterocycles. The van der Waals surface area contributed by atoms with Crippen molar-refractivity contribution in [1.29, 1.82) is 0 Å². The van der Waals surface area contributed by atoms with E-state index >= 15 is 0 Å². The fourth-order valence-corrected chi connectivity index (χ4v) is 4.15. The highest BCUT2D eigenvalue weighted by molar-refractivity contribution is 5.95. The fourth-order valence-electron chi connectivity index (χ4n) is 4.15. The largest absolute Gasteiger partial charge is 0.481 e. The minimum absolute atomic E-state index is 0.278. The van der Waals surface area contributed by atoms with Crippen molar-refractivity contribution >= 4 is 59.2 Å². The number of hydrogen-bond donors (Lipinski definition) is 9. The van der Waals surface area contributed by atoms with E-state index in [0.717, 1.165) is 0 Å². The van der Waals surface area contributed by atoms with Gasteiger partial charge in [-0.1, -0.05) is 0 Å². The van der Waals surface area contributed by atoms with Crippen LogP contribution in [0.4, 0.5) is 0 Å². The summed E-state index contributed by atoms with van der Waals surface area (Å²) in [6.07, 6.45) is -6.79. The summed E-state index contributed by atoms with van der Waals surface area (Å²) in [6, 6.07) is -4.64. The number of carboxylic acids is 6.